The van der Waals surface area contributed by atoms with Crippen LogP contribution in [0.2, 0.25) is 0 Å². The summed E-state index contributed by atoms with van der Waals surface area (Å²) in [5.74, 6) is 0.730. The van der Waals surface area contributed by atoms with Crippen molar-refractivity contribution in [3.63, 3.8) is 0 Å². The van der Waals surface area contributed by atoms with Gasteiger partial charge in [0.2, 0.25) is 5.91 Å². The van der Waals surface area contributed by atoms with E-state index in [1.807, 2.05) is 18.2 Å². The molecule has 160 valence electrons. The van der Waals surface area contributed by atoms with E-state index in [1.165, 1.54) is 16.6 Å². The van der Waals surface area contributed by atoms with Crippen LogP contribution in [0.5, 0.6) is 0 Å². The van der Waals surface area contributed by atoms with Crippen molar-refractivity contribution in [3.8, 4) is 16.5 Å². The molecule has 0 bridgehead atoms. The Labute approximate surface area is 198 Å². The van der Waals surface area contributed by atoms with E-state index in [2.05, 4.69) is 46.5 Å². The first-order chi connectivity index (χ1) is 15.6. The minimum absolute atomic E-state index is 0.122. The van der Waals surface area contributed by atoms with Crippen molar-refractivity contribution in [2.75, 3.05) is 11.1 Å². The van der Waals surface area contributed by atoms with Crippen molar-refractivity contribution < 1.29 is 4.79 Å². The van der Waals surface area contributed by atoms with Crippen molar-refractivity contribution in [2.45, 2.75) is 31.2 Å². The number of anilines is 1. The van der Waals surface area contributed by atoms with Crippen molar-refractivity contribution in [1.82, 2.24) is 9.97 Å². The van der Waals surface area contributed by atoms with E-state index in [0.29, 0.717) is 16.5 Å². The van der Waals surface area contributed by atoms with Gasteiger partial charge in [-0.25, -0.2) is 9.97 Å². The summed E-state index contributed by atoms with van der Waals surface area (Å²) in [5, 5.41) is 15.1. The van der Waals surface area contributed by atoms with E-state index >= 15 is 0 Å². The topological polar surface area (TPSA) is 78.7 Å². The number of nitrogens with one attached hydrogen (secondary N) is 1. The van der Waals surface area contributed by atoms with Crippen LogP contribution >= 0.6 is 34.4 Å². The van der Waals surface area contributed by atoms with Gasteiger partial charge in [-0.2, -0.15) is 5.26 Å². The second kappa shape index (κ2) is 9.02. The van der Waals surface area contributed by atoms with Gasteiger partial charge < -0.3 is 5.32 Å². The number of carbonyl (C=O) groups excluding carboxylic acids is 1. The molecule has 1 aliphatic rings. The lowest BCUT2D eigenvalue weighted by molar-refractivity contribution is -0.113. The van der Waals surface area contributed by atoms with Gasteiger partial charge in [0.15, 0.2) is 0 Å². The normalized spacial score (nSPS) is 15.3. The summed E-state index contributed by atoms with van der Waals surface area (Å²) in [6, 6.07) is 14.6. The van der Waals surface area contributed by atoms with E-state index < -0.39 is 0 Å². The number of nitriles is 1. The number of thioether (sulfide) groups is 1. The molecule has 1 aliphatic carbocycles. The van der Waals surface area contributed by atoms with Crippen molar-refractivity contribution in [2.24, 2.45) is 5.92 Å². The third-order valence-corrected chi connectivity index (χ3v) is 8.83. The van der Waals surface area contributed by atoms with E-state index in [4.69, 9.17) is 0 Å². The fourth-order valence-corrected chi connectivity index (χ4v) is 7.17. The Bertz CT molecular complexity index is 1340. The molecule has 1 amide bonds. The monoisotopic (exact) mass is 476 g/mol. The lowest BCUT2D eigenvalue weighted by atomic mass is 9.89. The van der Waals surface area contributed by atoms with Crippen molar-refractivity contribution >= 4 is 55.6 Å². The van der Waals surface area contributed by atoms with Gasteiger partial charge in [-0.15, -0.1) is 22.7 Å². The second-order valence-corrected chi connectivity index (χ2v) is 11.0. The van der Waals surface area contributed by atoms with Crippen LogP contribution in [0.4, 0.5) is 5.00 Å². The molecular weight excluding hydrogens is 456 g/mol. The summed E-state index contributed by atoms with van der Waals surface area (Å²) >= 11 is 4.58. The van der Waals surface area contributed by atoms with Crippen LogP contribution in [0.25, 0.3) is 20.7 Å². The largest absolute Gasteiger partial charge is 0.316 e. The predicted molar refractivity (Wildman–Crippen MR) is 132 cm³/mol. The number of rotatable bonds is 5. The molecule has 4 aromatic rings. The lowest BCUT2D eigenvalue weighted by Gasteiger charge is -2.17. The van der Waals surface area contributed by atoms with Crippen LogP contribution in [0, 0.1) is 17.2 Å². The van der Waals surface area contributed by atoms with E-state index in [9.17, 15) is 10.1 Å². The van der Waals surface area contributed by atoms with Crippen LogP contribution in [-0.2, 0) is 17.6 Å². The first-order valence-electron chi connectivity index (χ1n) is 10.4. The Morgan fingerprint density at radius 2 is 2.12 bits per heavy atom. The fraction of sp³-hybridized carbons (Fsp3) is 0.250. The quantitative estimate of drug-likeness (QED) is 0.276. The lowest BCUT2D eigenvalue weighted by Crippen LogP contribution is -2.14. The Morgan fingerprint density at radius 3 is 2.94 bits per heavy atom. The number of nitrogens with zero attached hydrogens (tertiary/aromatic N) is 3. The summed E-state index contributed by atoms with van der Waals surface area (Å²) in [6.07, 6.45) is 4.55. The highest BCUT2D eigenvalue weighted by Gasteiger charge is 2.24. The third-order valence-electron chi connectivity index (χ3n) is 5.57. The van der Waals surface area contributed by atoms with Crippen LogP contribution in [0.1, 0.15) is 29.3 Å². The maximum Gasteiger partial charge on any atom is 0.235 e. The average molecular weight is 477 g/mol. The Morgan fingerprint density at radius 1 is 1.28 bits per heavy atom. The summed E-state index contributed by atoms with van der Waals surface area (Å²) < 4.78 is 0. The number of amides is 1. The summed E-state index contributed by atoms with van der Waals surface area (Å²) in [6.45, 7) is 2.24. The Balaban J connectivity index is 1.32. The molecule has 3 heterocycles. The second-order valence-electron chi connectivity index (χ2n) is 7.88. The molecule has 5 nitrogen and oxygen atoms in total. The molecule has 3 aromatic heterocycles. The molecule has 1 atom stereocenters. The molecule has 0 aliphatic heterocycles. The number of fused-ring (bicyclic) bond motifs is 2. The predicted octanol–water partition coefficient (Wildman–Crippen LogP) is 6.15. The molecule has 8 heteroatoms. The zero-order valence-electron chi connectivity index (χ0n) is 17.4. The van der Waals surface area contributed by atoms with Crippen LogP contribution < -0.4 is 5.32 Å². The maximum atomic E-state index is 12.7. The minimum Gasteiger partial charge on any atom is -0.316 e. The highest BCUT2D eigenvalue weighted by Crippen LogP contribution is 2.40. The maximum absolute atomic E-state index is 12.7. The number of carbonyl (C=O) groups is 1. The van der Waals surface area contributed by atoms with Gasteiger partial charge in [-0.1, -0.05) is 49.0 Å². The highest BCUT2D eigenvalue weighted by molar-refractivity contribution is 8.00. The number of hydrogen-bond acceptors (Lipinski definition) is 7. The smallest absolute Gasteiger partial charge is 0.235 e. The zero-order valence-corrected chi connectivity index (χ0v) is 19.9. The molecule has 1 N–H and O–H groups in total. The molecule has 0 fully saturated rings. The molecular formula is C24H20N4OS3. The summed E-state index contributed by atoms with van der Waals surface area (Å²) in [5.41, 5.74) is 2.91. The van der Waals surface area contributed by atoms with Gasteiger partial charge in [0.25, 0.3) is 0 Å². The van der Waals surface area contributed by atoms with Crippen molar-refractivity contribution in [1.29, 1.82) is 5.26 Å². The standard InChI is InChI=1S/C24H20N4OS3/c1-14-7-8-16-18(11-25)24(32-20(16)9-14)28-21(29)12-30-22-17-10-19(15-5-3-2-4-6-15)31-23(17)27-13-26-22/h2-6,10,13-14H,7-9,12H2,1H3,(H,28,29). The first kappa shape index (κ1) is 21.1. The SMILES string of the molecule is CC1CCc2c(sc(NC(=O)CSc3ncnc4sc(-c5ccccc5)cc34)c2C#N)C1. The van der Waals surface area contributed by atoms with Gasteiger partial charge in [-0.3, -0.25) is 4.79 Å². The molecule has 0 radical (unpaired) electrons. The van der Waals surface area contributed by atoms with Crippen LogP contribution in [0.15, 0.2) is 47.8 Å². The highest BCUT2D eigenvalue weighted by atomic mass is 32.2. The molecule has 0 spiro atoms. The number of aromatic nitrogens is 2. The van der Waals surface area contributed by atoms with Crippen molar-refractivity contribution in [3.05, 3.63) is 58.7 Å². The van der Waals surface area contributed by atoms with Gasteiger partial charge in [-0.05, 0) is 42.4 Å². The molecule has 0 saturated carbocycles. The Kier molecular flexibility index (Phi) is 5.96. The number of thiophene rings is 2. The zero-order chi connectivity index (χ0) is 22.1. The van der Waals surface area contributed by atoms with Gasteiger partial charge in [0.05, 0.1) is 11.3 Å². The van der Waals surface area contributed by atoms with Gasteiger partial charge in [0.1, 0.15) is 27.3 Å². The summed E-state index contributed by atoms with van der Waals surface area (Å²) in [4.78, 5) is 24.8. The van der Waals surface area contributed by atoms with E-state index in [-0.39, 0.29) is 11.7 Å². The molecule has 0 saturated heterocycles. The number of hydrogen-bond donors (Lipinski definition) is 1. The fourth-order valence-electron chi connectivity index (χ4n) is 3.95. The molecule has 32 heavy (non-hydrogen) atoms. The van der Waals surface area contributed by atoms with Crippen LogP contribution in [-0.4, -0.2) is 21.6 Å². The van der Waals surface area contributed by atoms with Gasteiger partial charge >= 0.3 is 0 Å². The van der Waals surface area contributed by atoms with Crippen LogP contribution in [0.3, 0.4) is 0 Å². The minimum atomic E-state index is -0.122. The average Bonchev–Trinajstić information content (AvgIpc) is 3.39. The van der Waals surface area contributed by atoms with E-state index in [1.54, 1.807) is 29.0 Å². The first-order valence-corrected chi connectivity index (χ1v) is 13.0. The summed E-state index contributed by atoms with van der Waals surface area (Å²) in [7, 11) is 0. The van der Waals surface area contributed by atoms with E-state index in [0.717, 1.165) is 50.5 Å². The molecule has 1 aromatic carbocycles. The van der Waals surface area contributed by atoms with Gasteiger partial charge in [0, 0.05) is 15.1 Å². The molecule has 1 unspecified atom stereocenters. The number of benzene rings is 1. The Hall–Kier alpha value is -2.73. The third kappa shape index (κ3) is 4.16. The molecule has 5 rings (SSSR count).